The summed E-state index contributed by atoms with van der Waals surface area (Å²) in [6.45, 7) is 0.907. The standard InChI is InChI=1S/C11H16N2O5S/c1-17-11(14)10-5-9(7-12-10)19(15,16)13-6-8-3-2-4-18-8/h5,7-8,12-13H,2-4,6H2,1H3/t8-/m0/s1. The summed E-state index contributed by atoms with van der Waals surface area (Å²) in [6.07, 6.45) is 2.98. The molecule has 19 heavy (non-hydrogen) atoms. The molecule has 1 saturated heterocycles. The number of methoxy groups -OCH3 is 1. The van der Waals surface area contributed by atoms with E-state index < -0.39 is 16.0 Å². The number of hydrogen-bond donors (Lipinski definition) is 2. The highest BCUT2D eigenvalue weighted by Crippen LogP contribution is 2.14. The van der Waals surface area contributed by atoms with Crippen LogP contribution in [0, 0.1) is 0 Å². The van der Waals surface area contributed by atoms with Crippen LogP contribution in [0.2, 0.25) is 0 Å². The van der Waals surface area contributed by atoms with Gasteiger partial charge in [0.25, 0.3) is 0 Å². The number of carbonyl (C=O) groups is 1. The molecule has 2 heterocycles. The minimum atomic E-state index is -3.64. The summed E-state index contributed by atoms with van der Waals surface area (Å²) >= 11 is 0. The first-order valence-corrected chi connectivity index (χ1v) is 7.39. The van der Waals surface area contributed by atoms with E-state index in [2.05, 4.69) is 14.4 Å². The molecule has 1 aliphatic heterocycles. The zero-order valence-corrected chi connectivity index (χ0v) is 11.3. The van der Waals surface area contributed by atoms with Gasteiger partial charge in [-0.3, -0.25) is 0 Å². The largest absolute Gasteiger partial charge is 0.464 e. The number of rotatable bonds is 5. The van der Waals surface area contributed by atoms with E-state index in [1.807, 2.05) is 0 Å². The third kappa shape index (κ3) is 3.34. The Hall–Kier alpha value is -1.38. The summed E-state index contributed by atoms with van der Waals surface area (Å²) in [5.74, 6) is -0.611. The molecule has 1 atom stereocenters. The Morgan fingerprint density at radius 1 is 1.63 bits per heavy atom. The van der Waals surface area contributed by atoms with Gasteiger partial charge in [-0.2, -0.15) is 0 Å². The highest BCUT2D eigenvalue weighted by Gasteiger charge is 2.22. The number of esters is 1. The monoisotopic (exact) mass is 288 g/mol. The molecular formula is C11H16N2O5S. The fraction of sp³-hybridized carbons (Fsp3) is 0.545. The highest BCUT2D eigenvalue weighted by atomic mass is 32.2. The lowest BCUT2D eigenvalue weighted by atomic mass is 10.2. The van der Waals surface area contributed by atoms with Crippen LogP contribution in [0.5, 0.6) is 0 Å². The summed E-state index contributed by atoms with van der Waals surface area (Å²) < 4.78 is 36.2. The summed E-state index contributed by atoms with van der Waals surface area (Å²) in [5.41, 5.74) is 0.0972. The van der Waals surface area contributed by atoms with E-state index >= 15 is 0 Å². The third-order valence-corrected chi connectivity index (χ3v) is 4.30. The smallest absolute Gasteiger partial charge is 0.354 e. The predicted molar refractivity (Wildman–Crippen MR) is 66.3 cm³/mol. The lowest BCUT2D eigenvalue weighted by Crippen LogP contribution is -2.31. The van der Waals surface area contributed by atoms with Crippen LogP contribution in [0.15, 0.2) is 17.2 Å². The first-order valence-electron chi connectivity index (χ1n) is 5.91. The molecule has 0 unspecified atom stereocenters. The van der Waals surface area contributed by atoms with E-state index in [-0.39, 0.29) is 23.2 Å². The molecule has 1 aromatic heterocycles. The van der Waals surface area contributed by atoms with Gasteiger partial charge in [-0.25, -0.2) is 17.9 Å². The van der Waals surface area contributed by atoms with Crippen molar-refractivity contribution in [1.82, 2.24) is 9.71 Å². The normalized spacial score (nSPS) is 19.5. The van der Waals surface area contributed by atoms with Crippen LogP contribution >= 0.6 is 0 Å². The summed E-state index contributed by atoms with van der Waals surface area (Å²) in [6, 6.07) is 1.24. The Labute approximate surface area is 111 Å². The molecule has 106 valence electrons. The minimum absolute atomic E-state index is 0.00546. The Balaban J connectivity index is 2.02. The van der Waals surface area contributed by atoms with Crippen molar-refractivity contribution < 1.29 is 22.7 Å². The van der Waals surface area contributed by atoms with Crippen molar-refractivity contribution in [2.75, 3.05) is 20.3 Å². The summed E-state index contributed by atoms with van der Waals surface area (Å²) in [5, 5.41) is 0. The second-order valence-corrected chi connectivity index (χ2v) is 5.99. The quantitative estimate of drug-likeness (QED) is 0.757. The van der Waals surface area contributed by atoms with Crippen molar-refractivity contribution in [2.45, 2.75) is 23.8 Å². The summed E-state index contributed by atoms with van der Waals surface area (Å²) in [4.78, 5) is 13.8. The number of hydrogen-bond acceptors (Lipinski definition) is 5. The number of aromatic amines is 1. The number of H-pyrrole nitrogens is 1. The Morgan fingerprint density at radius 3 is 3.05 bits per heavy atom. The molecule has 7 nitrogen and oxygen atoms in total. The molecule has 0 amide bonds. The first-order chi connectivity index (χ1) is 9.03. The molecule has 2 N–H and O–H groups in total. The second-order valence-electron chi connectivity index (χ2n) is 4.23. The Morgan fingerprint density at radius 2 is 2.42 bits per heavy atom. The van der Waals surface area contributed by atoms with Gasteiger partial charge in [0, 0.05) is 19.3 Å². The van der Waals surface area contributed by atoms with Crippen LogP contribution in [-0.2, 0) is 19.5 Å². The van der Waals surface area contributed by atoms with Crippen LogP contribution in [0.1, 0.15) is 23.3 Å². The van der Waals surface area contributed by atoms with Crippen molar-refractivity contribution in [2.24, 2.45) is 0 Å². The fourth-order valence-electron chi connectivity index (χ4n) is 1.85. The minimum Gasteiger partial charge on any atom is -0.464 e. The summed E-state index contributed by atoms with van der Waals surface area (Å²) in [7, 11) is -2.41. The van der Waals surface area contributed by atoms with E-state index in [0.717, 1.165) is 12.8 Å². The molecule has 0 aliphatic carbocycles. The van der Waals surface area contributed by atoms with Crippen molar-refractivity contribution in [1.29, 1.82) is 0 Å². The number of sulfonamides is 1. The van der Waals surface area contributed by atoms with Gasteiger partial charge in [0.15, 0.2) is 0 Å². The average molecular weight is 288 g/mol. The second kappa shape index (κ2) is 5.72. The number of ether oxygens (including phenoxy) is 2. The van der Waals surface area contributed by atoms with Crippen LogP contribution in [-0.4, -0.2) is 45.7 Å². The van der Waals surface area contributed by atoms with Gasteiger partial charge in [0.1, 0.15) is 10.6 Å². The van der Waals surface area contributed by atoms with Gasteiger partial charge in [0.2, 0.25) is 10.0 Å². The van der Waals surface area contributed by atoms with Crippen molar-refractivity contribution in [3.63, 3.8) is 0 Å². The van der Waals surface area contributed by atoms with Crippen molar-refractivity contribution >= 4 is 16.0 Å². The third-order valence-electron chi connectivity index (χ3n) is 2.90. The van der Waals surface area contributed by atoms with Gasteiger partial charge in [-0.1, -0.05) is 0 Å². The molecule has 0 saturated carbocycles. The van der Waals surface area contributed by atoms with E-state index in [4.69, 9.17) is 4.74 Å². The molecule has 0 bridgehead atoms. The van der Waals surface area contributed by atoms with Gasteiger partial charge in [0.05, 0.1) is 13.2 Å². The predicted octanol–water partition coefficient (Wildman–Crippen LogP) is 0.259. The maximum absolute atomic E-state index is 12.0. The van der Waals surface area contributed by atoms with E-state index in [1.165, 1.54) is 19.4 Å². The Bertz CT molecular complexity index is 545. The van der Waals surface area contributed by atoms with Crippen LogP contribution in [0.4, 0.5) is 0 Å². The maximum Gasteiger partial charge on any atom is 0.354 e. The molecule has 1 aromatic rings. The maximum atomic E-state index is 12.0. The average Bonchev–Trinajstić information content (AvgIpc) is 3.06. The SMILES string of the molecule is COC(=O)c1cc(S(=O)(=O)NC[C@@H]2CCCO2)c[nH]1. The molecule has 8 heteroatoms. The van der Waals surface area contributed by atoms with Gasteiger partial charge in [-0.15, -0.1) is 0 Å². The number of aromatic nitrogens is 1. The zero-order chi connectivity index (χ0) is 13.9. The number of carbonyl (C=O) groups excluding carboxylic acids is 1. The molecular weight excluding hydrogens is 272 g/mol. The topological polar surface area (TPSA) is 97.5 Å². The lowest BCUT2D eigenvalue weighted by molar-refractivity contribution is 0.0594. The van der Waals surface area contributed by atoms with Crippen LogP contribution < -0.4 is 4.72 Å². The van der Waals surface area contributed by atoms with E-state index in [9.17, 15) is 13.2 Å². The van der Waals surface area contributed by atoms with Gasteiger partial charge < -0.3 is 14.5 Å². The molecule has 0 aromatic carbocycles. The van der Waals surface area contributed by atoms with Gasteiger partial charge in [-0.05, 0) is 18.9 Å². The Kier molecular flexibility index (Phi) is 4.23. The molecule has 1 fully saturated rings. The van der Waals surface area contributed by atoms with Crippen LogP contribution in [0.3, 0.4) is 0 Å². The van der Waals surface area contributed by atoms with Crippen molar-refractivity contribution in [3.05, 3.63) is 18.0 Å². The molecule has 2 rings (SSSR count). The number of nitrogens with one attached hydrogen (secondary N) is 2. The molecule has 0 spiro atoms. The van der Waals surface area contributed by atoms with E-state index in [1.54, 1.807) is 0 Å². The first kappa shape index (κ1) is 14.0. The highest BCUT2D eigenvalue weighted by molar-refractivity contribution is 7.89. The zero-order valence-electron chi connectivity index (χ0n) is 10.5. The van der Waals surface area contributed by atoms with Crippen LogP contribution in [0.25, 0.3) is 0 Å². The molecule has 1 aliphatic rings. The van der Waals surface area contributed by atoms with E-state index in [0.29, 0.717) is 6.61 Å². The lowest BCUT2D eigenvalue weighted by Gasteiger charge is -2.10. The molecule has 0 radical (unpaired) electrons. The van der Waals surface area contributed by atoms with Gasteiger partial charge >= 0.3 is 5.97 Å². The fourth-order valence-corrected chi connectivity index (χ4v) is 2.91. The van der Waals surface area contributed by atoms with Crippen molar-refractivity contribution in [3.8, 4) is 0 Å².